The Hall–Kier alpha value is -2.37. The van der Waals surface area contributed by atoms with Crippen LogP contribution in [0.3, 0.4) is 0 Å². The maximum absolute atomic E-state index is 5.79. The molecule has 2 N–H and O–H groups in total. The fraction of sp³-hybridized carbons (Fsp3) is 0.308. The van der Waals surface area contributed by atoms with Crippen molar-refractivity contribution in [3.63, 3.8) is 0 Å². The summed E-state index contributed by atoms with van der Waals surface area (Å²) in [4.78, 5) is 4.39. The second kappa shape index (κ2) is 4.08. The molecule has 0 amide bonds. The molecule has 3 heterocycles. The number of nitrogens with two attached hydrogens (primary N) is 1. The Labute approximate surface area is 110 Å². The third-order valence-electron chi connectivity index (χ3n) is 3.13. The minimum atomic E-state index is 0.372. The van der Waals surface area contributed by atoms with E-state index in [0.717, 1.165) is 22.6 Å². The van der Waals surface area contributed by atoms with Gasteiger partial charge >= 0.3 is 0 Å². The van der Waals surface area contributed by atoms with E-state index < -0.39 is 0 Å². The number of rotatable bonds is 2. The van der Waals surface area contributed by atoms with Gasteiger partial charge in [-0.25, -0.2) is 14.2 Å². The van der Waals surface area contributed by atoms with Gasteiger partial charge in [0.15, 0.2) is 5.82 Å². The van der Waals surface area contributed by atoms with Crippen molar-refractivity contribution in [2.45, 2.75) is 26.7 Å². The molecule has 3 aromatic heterocycles. The van der Waals surface area contributed by atoms with Gasteiger partial charge < -0.3 is 5.73 Å². The molecule has 0 radical (unpaired) electrons. The zero-order valence-corrected chi connectivity index (χ0v) is 11.2. The van der Waals surface area contributed by atoms with Gasteiger partial charge in [-0.3, -0.25) is 0 Å². The second-order valence-corrected chi connectivity index (χ2v) is 4.95. The fourth-order valence-corrected chi connectivity index (χ4v) is 1.97. The Balaban J connectivity index is 2.23. The van der Waals surface area contributed by atoms with Crippen LogP contribution in [0.5, 0.6) is 0 Å². The lowest BCUT2D eigenvalue weighted by atomic mass is 10.1. The smallest absolute Gasteiger partial charge is 0.179 e. The molecule has 0 fully saturated rings. The Morgan fingerprint density at radius 3 is 2.68 bits per heavy atom. The molecule has 3 rings (SSSR count). The summed E-state index contributed by atoms with van der Waals surface area (Å²) >= 11 is 0. The van der Waals surface area contributed by atoms with E-state index in [2.05, 4.69) is 29.0 Å². The molecule has 0 atom stereocenters. The van der Waals surface area contributed by atoms with Gasteiger partial charge in [-0.05, 0) is 18.9 Å². The van der Waals surface area contributed by atoms with Crippen LogP contribution in [0, 0.1) is 6.92 Å². The predicted molar refractivity (Wildman–Crippen MR) is 73.3 cm³/mol. The first-order valence-corrected chi connectivity index (χ1v) is 6.22. The molecule has 0 aliphatic rings. The van der Waals surface area contributed by atoms with E-state index in [9.17, 15) is 0 Å². The Kier molecular flexibility index (Phi) is 2.51. The Bertz CT molecular complexity index is 717. The molecule has 0 aliphatic carbocycles. The first-order chi connectivity index (χ1) is 9.06. The van der Waals surface area contributed by atoms with Crippen LogP contribution in [0.25, 0.3) is 11.3 Å². The lowest BCUT2D eigenvalue weighted by molar-refractivity contribution is 0.781. The number of aryl methyl sites for hydroxylation is 1. The van der Waals surface area contributed by atoms with Crippen molar-refractivity contribution in [1.29, 1.82) is 0 Å². The van der Waals surface area contributed by atoms with Crippen molar-refractivity contribution in [2.75, 3.05) is 5.73 Å². The van der Waals surface area contributed by atoms with Crippen molar-refractivity contribution in [3.8, 4) is 5.82 Å². The molecular formula is C13H16N6. The number of nitrogens with zero attached hydrogens (tertiary/aromatic N) is 5. The molecule has 3 aromatic rings. The lowest BCUT2D eigenvalue weighted by Crippen LogP contribution is -2.02. The summed E-state index contributed by atoms with van der Waals surface area (Å²) < 4.78 is 3.52. The van der Waals surface area contributed by atoms with Crippen LogP contribution in [0.2, 0.25) is 0 Å². The van der Waals surface area contributed by atoms with Crippen LogP contribution in [0.15, 0.2) is 24.7 Å². The molecule has 0 unspecified atom stereocenters. The molecule has 6 nitrogen and oxygen atoms in total. The van der Waals surface area contributed by atoms with Crippen LogP contribution in [-0.2, 0) is 0 Å². The molecule has 0 saturated heterocycles. The van der Waals surface area contributed by atoms with Crippen molar-refractivity contribution >= 4 is 11.3 Å². The van der Waals surface area contributed by atoms with E-state index in [1.54, 1.807) is 10.9 Å². The second-order valence-electron chi connectivity index (χ2n) is 4.95. The SMILES string of the molecule is Cc1cn(-c2nccn3nc(C(C)C)cc23)nc1N. The van der Waals surface area contributed by atoms with Gasteiger partial charge in [0.2, 0.25) is 0 Å². The summed E-state index contributed by atoms with van der Waals surface area (Å²) in [5, 5.41) is 8.81. The highest BCUT2D eigenvalue weighted by molar-refractivity contribution is 5.61. The molecule has 0 aromatic carbocycles. The first-order valence-electron chi connectivity index (χ1n) is 6.22. The number of nitrogen functional groups attached to an aromatic ring is 1. The third-order valence-corrected chi connectivity index (χ3v) is 3.13. The van der Waals surface area contributed by atoms with E-state index in [1.807, 2.05) is 29.9 Å². The summed E-state index contributed by atoms with van der Waals surface area (Å²) in [5.74, 6) is 1.63. The highest BCUT2D eigenvalue weighted by atomic mass is 15.3. The van der Waals surface area contributed by atoms with Crippen LogP contribution >= 0.6 is 0 Å². The summed E-state index contributed by atoms with van der Waals surface area (Å²) in [5.41, 5.74) is 8.69. The Morgan fingerprint density at radius 2 is 2.05 bits per heavy atom. The van der Waals surface area contributed by atoms with Crippen molar-refractivity contribution in [1.82, 2.24) is 24.4 Å². The quantitative estimate of drug-likeness (QED) is 0.760. The van der Waals surface area contributed by atoms with Gasteiger partial charge in [0, 0.05) is 24.2 Å². The molecule has 0 bridgehead atoms. The van der Waals surface area contributed by atoms with Gasteiger partial charge in [0.05, 0.1) is 5.69 Å². The molecule has 19 heavy (non-hydrogen) atoms. The van der Waals surface area contributed by atoms with Gasteiger partial charge in [-0.2, -0.15) is 5.10 Å². The van der Waals surface area contributed by atoms with Crippen molar-refractivity contribution in [3.05, 3.63) is 35.9 Å². The van der Waals surface area contributed by atoms with E-state index in [1.165, 1.54) is 0 Å². The largest absolute Gasteiger partial charge is 0.382 e. The predicted octanol–water partition coefficient (Wildman–Crippen LogP) is 1.93. The van der Waals surface area contributed by atoms with Crippen LogP contribution in [-0.4, -0.2) is 24.4 Å². The number of fused-ring (bicyclic) bond motifs is 1. The highest BCUT2D eigenvalue weighted by Crippen LogP contribution is 2.20. The average Bonchev–Trinajstić information content (AvgIpc) is 2.93. The summed E-state index contributed by atoms with van der Waals surface area (Å²) in [7, 11) is 0. The molecule has 0 aliphatic heterocycles. The van der Waals surface area contributed by atoms with Crippen molar-refractivity contribution in [2.24, 2.45) is 0 Å². The summed E-state index contributed by atoms with van der Waals surface area (Å²) in [6.07, 6.45) is 5.43. The molecule has 6 heteroatoms. The standard InChI is InChI=1S/C13H16N6/c1-8(2)10-6-11-13(15-4-5-18(11)16-10)19-7-9(3)12(14)17-19/h4-8H,1-3H3,(H2,14,17). The van der Waals surface area contributed by atoms with Gasteiger partial charge in [0.25, 0.3) is 0 Å². The van der Waals surface area contributed by atoms with E-state index in [4.69, 9.17) is 5.73 Å². The zero-order valence-electron chi connectivity index (χ0n) is 11.2. The van der Waals surface area contributed by atoms with Crippen LogP contribution in [0.4, 0.5) is 5.82 Å². The molecule has 0 saturated carbocycles. The maximum Gasteiger partial charge on any atom is 0.179 e. The highest BCUT2D eigenvalue weighted by Gasteiger charge is 2.12. The minimum absolute atomic E-state index is 0.372. The zero-order chi connectivity index (χ0) is 13.6. The van der Waals surface area contributed by atoms with E-state index in [-0.39, 0.29) is 0 Å². The Morgan fingerprint density at radius 1 is 1.26 bits per heavy atom. The number of hydrogen-bond donors (Lipinski definition) is 1. The number of aromatic nitrogens is 5. The van der Waals surface area contributed by atoms with E-state index in [0.29, 0.717) is 11.7 Å². The van der Waals surface area contributed by atoms with Gasteiger partial charge in [0.1, 0.15) is 11.3 Å². The first kappa shape index (κ1) is 11.7. The average molecular weight is 256 g/mol. The number of hydrogen-bond acceptors (Lipinski definition) is 4. The molecule has 0 spiro atoms. The summed E-state index contributed by atoms with van der Waals surface area (Å²) in [6, 6.07) is 2.04. The number of anilines is 1. The molecule has 98 valence electrons. The van der Waals surface area contributed by atoms with E-state index >= 15 is 0 Å². The van der Waals surface area contributed by atoms with Gasteiger partial charge in [-0.15, -0.1) is 5.10 Å². The van der Waals surface area contributed by atoms with Crippen molar-refractivity contribution < 1.29 is 0 Å². The molecular weight excluding hydrogens is 240 g/mol. The lowest BCUT2D eigenvalue weighted by Gasteiger charge is -2.01. The van der Waals surface area contributed by atoms with Crippen LogP contribution < -0.4 is 5.73 Å². The fourth-order valence-electron chi connectivity index (χ4n) is 1.97. The monoisotopic (exact) mass is 256 g/mol. The maximum atomic E-state index is 5.79. The minimum Gasteiger partial charge on any atom is -0.382 e. The summed E-state index contributed by atoms with van der Waals surface area (Å²) in [6.45, 7) is 6.16. The topological polar surface area (TPSA) is 74.0 Å². The van der Waals surface area contributed by atoms with Crippen LogP contribution in [0.1, 0.15) is 31.0 Å². The third kappa shape index (κ3) is 1.85. The van der Waals surface area contributed by atoms with Gasteiger partial charge in [-0.1, -0.05) is 13.8 Å². The normalized spacial score (nSPS) is 11.6.